The van der Waals surface area contributed by atoms with Gasteiger partial charge >= 0.3 is 5.97 Å². The number of unbranched alkanes of at least 4 members (excludes halogenated alkanes) is 1. The van der Waals surface area contributed by atoms with Gasteiger partial charge in [0.05, 0.1) is 10.6 Å². The van der Waals surface area contributed by atoms with Crippen molar-refractivity contribution in [2.75, 3.05) is 0 Å². The summed E-state index contributed by atoms with van der Waals surface area (Å²) in [6, 6.07) is 12.4. The minimum atomic E-state index is -1.05. The molecular weight excluding hydrogens is 288 g/mol. The second-order valence-corrected chi connectivity index (χ2v) is 5.20. The van der Waals surface area contributed by atoms with E-state index in [-0.39, 0.29) is 10.6 Å². The van der Waals surface area contributed by atoms with Crippen molar-refractivity contribution in [3.63, 3.8) is 0 Å². The highest BCUT2D eigenvalue weighted by molar-refractivity contribution is 6.33. The standard InChI is InChI=1S/C17H17ClO3/c1-2-3-4-12-5-7-13(8-6-12)21-14-9-10-15(17(19)20)16(18)11-14/h5-11H,2-4H2,1H3,(H,19,20). The third-order valence-electron chi connectivity index (χ3n) is 3.15. The molecule has 1 N–H and O–H groups in total. The Labute approximate surface area is 129 Å². The van der Waals surface area contributed by atoms with Crippen LogP contribution in [0.4, 0.5) is 0 Å². The third kappa shape index (κ3) is 4.23. The first-order chi connectivity index (χ1) is 10.1. The van der Waals surface area contributed by atoms with Gasteiger partial charge in [0.25, 0.3) is 0 Å². The number of hydrogen-bond donors (Lipinski definition) is 1. The molecule has 0 amide bonds. The lowest BCUT2D eigenvalue weighted by atomic mass is 10.1. The Morgan fingerprint density at radius 1 is 1.14 bits per heavy atom. The van der Waals surface area contributed by atoms with Gasteiger partial charge in [0.2, 0.25) is 0 Å². The van der Waals surface area contributed by atoms with E-state index < -0.39 is 5.97 Å². The van der Waals surface area contributed by atoms with Crippen LogP contribution >= 0.6 is 11.6 Å². The second kappa shape index (κ2) is 7.14. The number of aromatic carboxylic acids is 1. The Morgan fingerprint density at radius 2 is 1.81 bits per heavy atom. The fourth-order valence-corrected chi connectivity index (χ4v) is 2.23. The van der Waals surface area contributed by atoms with Crippen LogP contribution in [-0.2, 0) is 6.42 Å². The summed E-state index contributed by atoms with van der Waals surface area (Å²) >= 11 is 5.91. The van der Waals surface area contributed by atoms with Crippen LogP contribution in [0.2, 0.25) is 5.02 Å². The largest absolute Gasteiger partial charge is 0.478 e. The van der Waals surface area contributed by atoms with Gasteiger partial charge in [0, 0.05) is 6.07 Å². The van der Waals surface area contributed by atoms with Gasteiger partial charge < -0.3 is 9.84 Å². The summed E-state index contributed by atoms with van der Waals surface area (Å²) in [5, 5.41) is 9.09. The number of benzene rings is 2. The first-order valence-corrected chi connectivity index (χ1v) is 7.27. The van der Waals surface area contributed by atoms with Crippen molar-refractivity contribution in [1.82, 2.24) is 0 Å². The maximum atomic E-state index is 10.9. The molecule has 21 heavy (non-hydrogen) atoms. The van der Waals surface area contributed by atoms with E-state index in [1.165, 1.54) is 30.5 Å². The van der Waals surface area contributed by atoms with E-state index in [0.717, 1.165) is 6.42 Å². The number of ether oxygens (including phenoxy) is 1. The fourth-order valence-electron chi connectivity index (χ4n) is 1.97. The normalized spacial score (nSPS) is 10.4. The zero-order chi connectivity index (χ0) is 15.2. The summed E-state index contributed by atoms with van der Waals surface area (Å²) in [5.41, 5.74) is 1.35. The second-order valence-electron chi connectivity index (χ2n) is 4.80. The highest BCUT2D eigenvalue weighted by Crippen LogP contribution is 2.27. The summed E-state index contributed by atoms with van der Waals surface area (Å²) in [4.78, 5) is 10.9. The lowest BCUT2D eigenvalue weighted by Crippen LogP contribution is -1.97. The average molecular weight is 305 g/mol. The first-order valence-electron chi connectivity index (χ1n) is 6.90. The first kappa shape index (κ1) is 15.4. The Bertz CT molecular complexity index is 620. The number of carboxylic acid groups (broad SMARTS) is 1. The van der Waals surface area contributed by atoms with Crippen LogP contribution in [0.25, 0.3) is 0 Å². The van der Waals surface area contributed by atoms with Gasteiger partial charge in [-0.1, -0.05) is 37.1 Å². The molecule has 0 spiro atoms. The smallest absolute Gasteiger partial charge is 0.337 e. The van der Waals surface area contributed by atoms with Crippen molar-refractivity contribution in [3.05, 3.63) is 58.6 Å². The van der Waals surface area contributed by atoms with Crippen molar-refractivity contribution in [2.24, 2.45) is 0 Å². The van der Waals surface area contributed by atoms with Crippen LogP contribution in [0.3, 0.4) is 0 Å². The lowest BCUT2D eigenvalue weighted by Gasteiger charge is -2.08. The van der Waals surface area contributed by atoms with Crippen molar-refractivity contribution in [1.29, 1.82) is 0 Å². The highest BCUT2D eigenvalue weighted by Gasteiger charge is 2.09. The maximum absolute atomic E-state index is 10.9. The molecule has 2 rings (SSSR count). The molecule has 0 radical (unpaired) electrons. The minimum Gasteiger partial charge on any atom is -0.478 e. The molecule has 3 nitrogen and oxygen atoms in total. The van der Waals surface area contributed by atoms with Crippen molar-refractivity contribution in [2.45, 2.75) is 26.2 Å². The summed E-state index contributed by atoms with van der Waals surface area (Å²) in [5.74, 6) is 0.174. The Balaban J connectivity index is 2.07. The topological polar surface area (TPSA) is 46.5 Å². The van der Waals surface area contributed by atoms with E-state index >= 15 is 0 Å². The molecule has 0 atom stereocenters. The Kier molecular flexibility index (Phi) is 5.23. The summed E-state index contributed by atoms with van der Waals surface area (Å²) < 4.78 is 5.68. The van der Waals surface area contributed by atoms with E-state index in [0.29, 0.717) is 11.5 Å². The van der Waals surface area contributed by atoms with E-state index in [9.17, 15) is 4.79 Å². The molecule has 0 aromatic heterocycles. The van der Waals surface area contributed by atoms with E-state index in [1.54, 1.807) is 6.07 Å². The molecule has 0 saturated heterocycles. The van der Waals surface area contributed by atoms with Gasteiger partial charge in [0.1, 0.15) is 11.5 Å². The number of aryl methyl sites for hydroxylation is 1. The number of carboxylic acids is 1. The molecule has 0 aliphatic rings. The summed E-state index contributed by atoms with van der Waals surface area (Å²) in [6.45, 7) is 2.17. The van der Waals surface area contributed by atoms with Gasteiger partial charge in [-0.15, -0.1) is 0 Å². The molecule has 0 fully saturated rings. The molecule has 2 aromatic rings. The molecule has 0 saturated carbocycles. The molecule has 0 bridgehead atoms. The fraction of sp³-hybridized carbons (Fsp3) is 0.235. The van der Waals surface area contributed by atoms with Gasteiger partial charge in [-0.3, -0.25) is 0 Å². The molecule has 0 heterocycles. The zero-order valence-corrected chi connectivity index (χ0v) is 12.6. The monoisotopic (exact) mass is 304 g/mol. The van der Waals surface area contributed by atoms with Gasteiger partial charge in [-0.05, 0) is 42.7 Å². The van der Waals surface area contributed by atoms with Crippen LogP contribution < -0.4 is 4.74 Å². The predicted octanol–water partition coefficient (Wildman–Crippen LogP) is 5.17. The van der Waals surface area contributed by atoms with Crippen molar-refractivity contribution >= 4 is 17.6 Å². The van der Waals surface area contributed by atoms with Crippen LogP contribution in [0.5, 0.6) is 11.5 Å². The molecule has 0 unspecified atom stereocenters. The highest BCUT2D eigenvalue weighted by atomic mass is 35.5. The predicted molar refractivity (Wildman–Crippen MR) is 83.5 cm³/mol. The minimum absolute atomic E-state index is 0.0685. The Morgan fingerprint density at radius 3 is 2.38 bits per heavy atom. The average Bonchev–Trinajstić information content (AvgIpc) is 2.46. The van der Waals surface area contributed by atoms with E-state index in [4.69, 9.17) is 21.4 Å². The van der Waals surface area contributed by atoms with Crippen LogP contribution in [0, 0.1) is 0 Å². The number of halogens is 1. The van der Waals surface area contributed by atoms with Crippen LogP contribution in [0.1, 0.15) is 35.7 Å². The molecule has 2 aromatic carbocycles. The number of rotatable bonds is 6. The van der Waals surface area contributed by atoms with E-state index in [1.807, 2.05) is 24.3 Å². The van der Waals surface area contributed by atoms with E-state index in [2.05, 4.69) is 6.92 Å². The molecule has 110 valence electrons. The summed E-state index contributed by atoms with van der Waals surface area (Å²) in [7, 11) is 0. The van der Waals surface area contributed by atoms with Crippen molar-refractivity contribution < 1.29 is 14.6 Å². The van der Waals surface area contributed by atoms with Crippen LogP contribution in [0.15, 0.2) is 42.5 Å². The molecular formula is C17H17ClO3. The number of hydrogen-bond acceptors (Lipinski definition) is 2. The van der Waals surface area contributed by atoms with Gasteiger partial charge in [-0.25, -0.2) is 4.79 Å². The van der Waals surface area contributed by atoms with Gasteiger partial charge in [-0.2, -0.15) is 0 Å². The number of carbonyl (C=O) groups is 1. The third-order valence-corrected chi connectivity index (χ3v) is 3.46. The lowest BCUT2D eigenvalue weighted by molar-refractivity contribution is 0.0697. The molecule has 0 aliphatic carbocycles. The van der Waals surface area contributed by atoms with Gasteiger partial charge in [0.15, 0.2) is 0 Å². The Hall–Kier alpha value is -2.00. The SMILES string of the molecule is CCCCc1ccc(Oc2ccc(C(=O)O)c(Cl)c2)cc1. The zero-order valence-electron chi connectivity index (χ0n) is 11.8. The summed E-state index contributed by atoms with van der Waals surface area (Å²) in [6.07, 6.45) is 3.41. The maximum Gasteiger partial charge on any atom is 0.337 e. The quantitative estimate of drug-likeness (QED) is 0.800. The van der Waals surface area contributed by atoms with Crippen molar-refractivity contribution in [3.8, 4) is 11.5 Å². The molecule has 4 heteroatoms. The van der Waals surface area contributed by atoms with Crippen LogP contribution in [-0.4, -0.2) is 11.1 Å². The molecule has 0 aliphatic heterocycles.